The van der Waals surface area contributed by atoms with Gasteiger partial charge < -0.3 is 126 Å². The lowest BCUT2D eigenvalue weighted by atomic mass is 9.91. The Morgan fingerprint density at radius 2 is 0.669 bits per heavy atom. The van der Waals surface area contributed by atoms with Gasteiger partial charge in [-0.3, -0.25) is 38.4 Å². The van der Waals surface area contributed by atoms with E-state index in [-0.39, 0.29) is 60.5 Å². The van der Waals surface area contributed by atoms with Crippen molar-refractivity contribution in [1.29, 1.82) is 0 Å². The molecular formula is C107H148N24O17. The van der Waals surface area contributed by atoms with Gasteiger partial charge in [-0.2, -0.15) is 19.9 Å². The minimum absolute atomic E-state index is 0.0207. The van der Waals surface area contributed by atoms with E-state index in [4.69, 9.17) is 49.1 Å². The van der Waals surface area contributed by atoms with Crippen LogP contribution >= 0.6 is 0 Å². The molecule has 0 bridgehead atoms. The molecule has 5 fully saturated rings. The predicted molar refractivity (Wildman–Crippen MR) is 570 cm³/mol. The number of anilines is 16. The molecule has 148 heavy (non-hydrogen) atoms. The fourth-order valence-electron chi connectivity index (χ4n) is 20.9. The van der Waals surface area contributed by atoms with Crippen molar-refractivity contribution in [3.8, 4) is 23.0 Å². The summed E-state index contributed by atoms with van der Waals surface area (Å²) in [6.07, 6.45) is 26.1. The molecule has 41 heteroatoms. The van der Waals surface area contributed by atoms with Crippen molar-refractivity contribution in [3.63, 3.8) is 0 Å². The number of benzene rings is 4. The molecule has 17 rings (SSSR count). The first-order chi connectivity index (χ1) is 70.7. The molecule has 5 saturated carbocycles. The molecule has 9 aliphatic rings. The Morgan fingerprint density at radius 1 is 0.392 bits per heavy atom. The van der Waals surface area contributed by atoms with Gasteiger partial charge in [0.2, 0.25) is 47.4 Å². The first kappa shape index (κ1) is 110. The van der Waals surface area contributed by atoms with Gasteiger partial charge in [0.25, 0.3) is 23.6 Å². The van der Waals surface area contributed by atoms with Gasteiger partial charge in [0.1, 0.15) is 45.7 Å². The molecular weight excluding hydrogens is 1890 g/mol. The number of aliphatic hydroxyl groups is 5. The lowest BCUT2D eigenvalue weighted by Crippen LogP contribution is -2.45. The number of carbonyl (C=O) groups is 8. The van der Waals surface area contributed by atoms with Crippen molar-refractivity contribution < 1.29 is 82.8 Å². The summed E-state index contributed by atoms with van der Waals surface area (Å²) in [7, 11) is 13.2. The zero-order valence-corrected chi connectivity index (χ0v) is 88.4. The SMILES string of the molecule is COc1cc(C(=O)NCCC(C)O)ccc1Nc1ncc2c(n1)N(C1CCCC1)CC(C)(C)C(=O)N2C.COc1cc(C(=O)NCCCO)ccc1Nc1ncc2c(n1)N(C1CCCC1)CC(C)(C)C(=O)N2C.COc1cc(C(=O)NC[C@H](O)CO)ccc1Nc1ncc2c(n1)N(C1CCCC1)CC(C)(C)C(=O)N2C.COc1cc(C(=O)N[C@@H]2CCC[C@H]2O)ccc1Nc1ncc2c(n1)N(C1CCCC1)CC(C)(C)C(=O)N2C. The monoisotopic (exact) mass is 2040 g/mol. The number of aliphatic hydroxyl groups excluding tert-OH is 5. The number of hydrogen-bond acceptors (Lipinski definition) is 33. The molecule has 41 nitrogen and oxygen atoms in total. The lowest BCUT2D eigenvalue weighted by molar-refractivity contribution is -0.126. The molecule has 798 valence electrons. The van der Waals surface area contributed by atoms with Gasteiger partial charge in [0.15, 0.2) is 23.3 Å². The maximum Gasteiger partial charge on any atom is 0.251 e. The quantitative estimate of drug-likeness (QED) is 0.0186. The highest BCUT2D eigenvalue weighted by Crippen LogP contribution is 2.48. The van der Waals surface area contributed by atoms with Crippen molar-refractivity contribution in [3.05, 3.63) is 120 Å². The van der Waals surface area contributed by atoms with Gasteiger partial charge in [-0.1, -0.05) is 51.4 Å². The maximum atomic E-state index is 13.2. The minimum Gasteiger partial charge on any atom is -0.495 e. The number of nitrogens with one attached hydrogen (secondary N) is 8. The molecule has 4 aromatic carbocycles. The van der Waals surface area contributed by atoms with E-state index in [1.807, 2.05) is 55.4 Å². The topological polar surface area (TPSA) is 500 Å². The third-order valence-corrected chi connectivity index (χ3v) is 29.2. The van der Waals surface area contributed by atoms with E-state index >= 15 is 0 Å². The number of rotatable bonds is 30. The Balaban J connectivity index is 0.000000156. The van der Waals surface area contributed by atoms with Gasteiger partial charge in [-0.05, 0) is 219 Å². The molecule has 8 heterocycles. The Bertz CT molecular complexity index is 6060. The van der Waals surface area contributed by atoms with E-state index < -0.39 is 52.5 Å². The van der Waals surface area contributed by atoms with Crippen LogP contribution in [0.4, 0.5) is 92.6 Å². The second-order valence-corrected chi connectivity index (χ2v) is 42.4. The predicted octanol–water partition coefficient (Wildman–Crippen LogP) is 12.3. The second-order valence-electron chi connectivity index (χ2n) is 42.4. The van der Waals surface area contributed by atoms with Crippen molar-refractivity contribution in [2.75, 3.05) is 176 Å². The molecule has 4 atom stereocenters. The van der Waals surface area contributed by atoms with Crippen LogP contribution < -0.4 is 101 Å². The minimum atomic E-state index is -1.03. The summed E-state index contributed by atoms with van der Waals surface area (Å²) in [6.45, 7) is 20.2. The highest BCUT2D eigenvalue weighted by molar-refractivity contribution is 6.05. The van der Waals surface area contributed by atoms with Crippen LogP contribution in [0.15, 0.2) is 97.6 Å². The fraction of sp³-hybridized carbons (Fsp3) is 0.551. The highest BCUT2D eigenvalue weighted by Gasteiger charge is 2.48. The molecule has 4 aromatic heterocycles. The molecule has 0 saturated heterocycles. The van der Waals surface area contributed by atoms with Gasteiger partial charge >= 0.3 is 0 Å². The van der Waals surface area contributed by atoms with Gasteiger partial charge in [-0.25, -0.2) is 19.9 Å². The summed E-state index contributed by atoms with van der Waals surface area (Å²) in [5, 5.41) is 70.7. The van der Waals surface area contributed by atoms with Crippen molar-refractivity contribution >= 4 is 140 Å². The van der Waals surface area contributed by atoms with E-state index in [1.165, 1.54) is 59.9 Å². The average Bonchev–Trinajstić information content (AvgIpc) is 1.63. The number of carbonyl (C=O) groups excluding carboxylic acids is 8. The summed E-state index contributed by atoms with van der Waals surface area (Å²) in [5.74, 6) is 5.35. The van der Waals surface area contributed by atoms with Crippen LogP contribution in [-0.4, -0.2) is 277 Å². The average molecular weight is 2040 g/mol. The summed E-state index contributed by atoms with van der Waals surface area (Å²) in [4.78, 5) is 156. The lowest BCUT2D eigenvalue weighted by Gasteiger charge is -2.34. The maximum absolute atomic E-state index is 13.2. The standard InChI is InChI=1S/C28H38N6O4.C27H38N6O4.C26H36N6O5.C26H36N6O4/c1-28(2)16-34(18-8-5-6-9-18)24-21(33(3)26(28)37)15-29-27(32-24)31-20-13-12-17(14-23(20)38-4)25(36)30-19-10-7-11-22(19)35;1-17(34)12-13-28-24(35)18-10-11-20(22(14-18)37-5)30-26-29-15-21-23(31-26)33(19-8-6-7-9-19)16-27(2,3)25(36)32(21)4;1-26(2)15-32(17-7-5-6-8-17)22-20(31(3)24(26)36)13-28-25(30-22)29-19-10-9-16(11-21(19)37-4)23(35)27-12-18(34)14-33;1-26(2)16-32(18-8-5-6-9-18)22-20(31(3)24(26)35)15-28-25(30-22)29-19-11-10-17(14-21(19)36-4)23(34)27-12-7-13-33/h12-15,18-19,22,35H,5-11,16H2,1-4H3,(H,30,36)(H,29,31,32);10-11,14-15,17,19,34H,6-9,12-13,16H2,1-5H3,(H,28,35)(H,29,30,31);9-11,13,17-18,33-34H,5-8,12,14-15H2,1-4H3,(H,27,35)(H,28,29,30);10-11,14-15,18,33H,5-9,12-13,16H2,1-4H3,(H,27,34)(H,28,29,30)/t19-,22-;;18-;/m1.0./s1. The molecule has 0 radical (unpaired) electrons. The van der Waals surface area contributed by atoms with Crippen LogP contribution in [0.25, 0.3) is 0 Å². The zero-order valence-electron chi connectivity index (χ0n) is 88.4. The number of fused-ring (bicyclic) bond motifs is 4. The number of nitrogens with zero attached hydrogens (tertiary/aromatic N) is 16. The molecule has 1 unspecified atom stereocenters. The van der Waals surface area contributed by atoms with Crippen LogP contribution in [0.2, 0.25) is 0 Å². The number of aromatic nitrogens is 8. The first-order valence-corrected chi connectivity index (χ1v) is 51.6. The van der Waals surface area contributed by atoms with Crippen LogP contribution in [0.5, 0.6) is 23.0 Å². The van der Waals surface area contributed by atoms with Crippen LogP contribution in [-0.2, 0) is 19.2 Å². The zero-order chi connectivity index (χ0) is 106. The fourth-order valence-corrected chi connectivity index (χ4v) is 20.9. The molecule has 8 amide bonds. The summed E-state index contributed by atoms with van der Waals surface area (Å²) < 4.78 is 22.1. The summed E-state index contributed by atoms with van der Waals surface area (Å²) in [5.41, 5.74) is 4.66. The number of methoxy groups -OCH3 is 4. The summed E-state index contributed by atoms with van der Waals surface area (Å²) >= 11 is 0. The van der Waals surface area contributed by atoms with Crippen LogP contribution in [0.1, 0.15) is 239 Å². The van der Waals surface area contributed by atoms with E-state index in [9.17, 15) is 53.7 Å². The normalized spacial score (nSPS) is 19.4. The van der Waals surface area contributed by atoms with Gasteiger partial charge in [0, 0.05) is 127 Å². The first-order valence-electron chi connectivity index (χ1n) is 51.6. The van der Waals surface area contributed by atoms with E-state index in [1.54, 1.807) is 159 Å². The Labute approximate surface area is 865 Å². The van der Waals surface area contributed by atoms with Crippen LogP contribution in [0.3, 0.4) is 0 Å². The van der Waals surface area contributed by atoms with Crippen molar-refractivity contribution in [1.82, 2.24) is 61.1 Å². The molecule has 8 aromatic rings. The highest BCUT2D eigenvalue weighted by atomic mass is 16.5. The molecule has 5 aliphatic carbocycles. The Kier molecular flexibility index (Phi) is 35.8. The second kappa shape index (κ2) is 48.1. The molecule has 4 aliphatic heterocycles. The number of ether oxygens (including phenoxy) is 4. The third kappa shape index (κ3) is 25.7. The Hall–Kier alpha value is -13.6. The third-order valence-electron chi connectivity index (χ3n) is 29.2. The summed E-state index contributed by atoms with van der Waals surface area (Å²) in [6, 6.07) is 21.3. The smallest absolute Gasteiger partial charge is 0.251 e. The Morgan fingerprint density at radius 3 is 0.926 bits per heavy atom. The number of hydrogen-bond donors (Lipinski definition) is 13. The van der Waals surface area contributed by atoms with Gasteiger partial charge in [0.05, 0.1) is 129 Å². The largest absolute Gasteiger partial charge is 0.495 e. The van der Waals surface area contributed by atoms with Crippen molar-refractivity contribution in [2.24, 2.45) is 21.7 Å². The van der Waals surface area contributed by atoms with Crippen LogP contribution in [0, 0.1) is 21.7 Å². The molecule has 13 N–H and O–H groups in total. The van der Waals surface area contributed by atoms with Crippen molar-refractivity contribution in [2.45, 2.75) is 246 Å². The van der Waals surface area contributed by atoms with Gasteiger partial charge in [-0.15, -0.1) is 0 Å². The van der Waals surface area contributed by atoms with E-state index in [0.717, 1.165) is 100 Å². The van der Waals surface area contributed by atoms with E-state index in [0.29, 0.717) is 197 Å². The molecule has 0 spiro atoms. The van der Waals surface area contributed by atoms with E-state index in [2.05, 4.69) is 82.1 Å². The number of amides is 8.